The summed E-state index contributed by atoms with van der Waals surface area (Å²) >= 11 is 0. The molecule has 2 aromatic carbocycles. The Morgan fingerprint density at radius 2 is 1.92 bits per heavy atom. The number of rotatable bonds is 4. The molecule has 3 aromatic rings. The van der Waals surface area contributed by atoms with Crippen molar-refractivity contribution in [2.24, 2.45) is 0 Å². The van der Waals surface area contributed by atoms with Crippen molar-refractivity contribution in [3.63, 3.8) is 0 Å². The Labute approximate surface area is 142 Å². The number of H-pyrrole nitrogens is 1. The molecule has 7 nitrogen and oxygen atoms in total. The van der Waals surface area contributed by atoms with Gasteiger partial charge in [-0.15, -0.1) is 0 Å². The van der Waals surface area contributed by atoms with E-state index >= 15 is 0 Å². The van der Waals surface area contributed by atoms with Crippen molar-refractivity contribution >= 4 is 22.5 Å². The van der Waals surface area contributed by atoms with Crippen molar-refractivity contribution in [1.29, 1.82) is 0 Å². The van der Waals surface area contributed by atoms with Gasteiger partial charge in [0.2, 0.25) is 0 Å². The largest absolute Gasteiger partial charge is 0.337 e. The van der Waals surface area contributed by atoms with Crippen LogP contribution in [-0.2, 0) is 6.54 Å². The number of nitro benzene ring substituents is 1. The topological polar surface area (TPSA) is 96.3 Å². The number of aromatic nitrogens is 1. The number of amides is 1. The molecule has 0 fully saturated rings. The van der Waals surface area contributed by atoms with Crippen LogP contribution in [0.5, 0.6) is 0 Å². The molecule has 0 radical (unpaired) electrons. The third kappa shape index (κ3) is 3.40. The van der Waals surface area contributed by atoms with Gasteiger partial charge in [0.1, 0.15) is 0 Å². The zero-order valence-corrected chi connectivity index (χ0v) is 13.4. The summed E-state index contributed by atoms with van der Waals surface area (Å²) in [5, 5.41) is 11.7. The molecule has 0 saturated heterocycles. The van der Waals surface area contributed by atoms with Gasteiger partial charge in [0.15, 0.2) is 0 Å². The molecule has 3 rings (SSSR count). The molecule has 0 unspecified atom stereocenters. The number of fused-ring (bicyclic) bond motifs is 1. The van der Waals surface area contributed by atoms with E-state index < -0.39 is 10.8 Å². The van der Waals surface area contributed by atoms with Crippen molar-refractivity contribution in [3.8, 4) is 0 Å². The summed E-state index contributed by atoms with van der Waals surface area (Å²) in [5.41, 5.74) is 0.956. The van der Waals surface area contributed by atoms with Crippen molar-refractivity contribution < 1.29 is 9.72 Å². The van der Waals surface area contributed by atoms with Crippen LogP contribution in [-0.4, -0.2) is 27.8 Å². The minimum atomic E-state index is -0.551. The van der Waals surface area contributed by atoms with Crippen LogP contribution in [0.4, 0.5) is 5.69 Å². The number of para-hydroxylation sites is 1. The first-order chi connectivity index (χ1) is 12.0. The zero-order valence-electron chi connectivity index (χ0n) is 13.4. The number of aromatic amines is 1. The second kappa shape index (κ2) is 6.56. The SMILES string of the molecule is CN(Cc1cc2ccccc2[nH]c1=O)C(=O)c1cccc([N+](=O)[O-])c1. The first kappa shape index (κ1) is 16.4. The van der Waals surface area contributed by atoms with E-state index in [0.29, 0.717) is 5.56 Å². The Morgan fingerprint density at radius 3 is 2.68 bits per heavy atom. The predicted molar refractivity (Wildman–Crippen MR) is 93.5 cm³/mol. The average Bonchev–Trinajstić information content (AvgIpc) is 2.61. The minimum absolute atomic E-state index is 0.0989. The molecule has 0 spiro atoms. The number of hydrogen-bond acceptors (Lipinski definition) is 4. The van der Waals surface area contributed by atoms with E-state index in [1.807, 2.05) is 18.2 Å². The Balaban J connectivity index is 1.87. The standard InChI is InChI=1S/C18H15N3O4/c1-20(18(23)13-6-4-7-15(10-13)21(24)25)11-14-9-12-5-2-3-8-16(12)19-17(14)22/h2-10H,11H2,1H3,(H,19,22). The van der Waals surface area contributed by atoms with E-state index in [-0.39, 0.29) is 23.4 Å². The normalized spacial score (nSPS) is 10.6. The molecule has 0 atom stereocenters. The molecule has 7 heteroatoms. The smallest absolute Gasteiger partial charge is 0.270 e. The Hall–Kier alpha value is -3.48. The summed E-state index contributed by atoms with van der Waals surface area (Å²) < 4.78 is 0. The van der Waals surface area contributed by atoms with Gasteiger partial charge < -0.3 is 9.88 Å². The van der Waals surface area contributed by atoms with E-state index in [9.17, 15) is 19.7 Å². The number of hydrogen-bond donors (Lipinski definition) is 1. The van der Waals surface area contributed by atoms with E-state index in [1.165, 1.54) is 29.2 Å². The number of nitro groups is 1. The number of non-ortho nitro benzene ring substituents is 1. The molecule has 1 amide bonds. The van der Waals surface area contributed by atoms with E-state index in [1.54, 1.807) is 19.2 Å². The monoisotopic (exact) mass is 337 g/mol. The quantitative estimate of drug-likeness (QED) is 0.585. The third-order valence-corrected chi connectivity index (χ3v) is 3.89. The molecule has 0 aliphatic heterocycles. The van der Waals surface area contributed by atoms with Gasteiger partial charge in [-0.05, 0) is 23.6 Å². The fraction of sp³-hybridized carbons (Fsp3) is 0.111. The first-order valence-corrected chi connectivity index (χ1v) is 7.56. The lowest BCUT2D eigenvalue weighted by atomic mass is 10.1. The molecular formula is C18H15N3O4. The summed E-state index contributed by atoms with van der Waals surface area (Å²) in [6.45, 7) is 0.0989. The van der Waals surface area contributed by atoms with E-state index in [0.717, 1.165) is 10.9 Å². The number of carbonyl (C=O) groups excluding carboxylic acids is 1. The van der Waals surface area contributed by atoms with Gasteiger partial charge in [-0.1, -0.05) is 24.3 Å². The van der Waals surface area contributed by atoms with E-state index in [2.05, 4.69) is 4.98 Å². The maximum atomic E-state index is 12.5. The van der Waals surface area contributed by atoms with Crippen LogP contribution in [0.1, 0.15) is 15.9 Å². The van der Waals surface area contributed by atoms with Crippen molar-refractivity contribution in [2.45, 2.75) is 6.54 Å². The van der Waals surface area contributed by atoms with Crippen LogP contribution in [0, 0.1) is 10.1 Å². The molecule has 25 heavy (non-hydrogen) atoms. The second-order valence-corrected chi connectivity index (χ2v) is 5.68. The number of nitrogens with one attached hydrogen (secondary N) is 1. The number of carbonyl (C=O) groups is 1. The van der Waals surface area contributed by atoms with Gasteiger partial charge in [0.25, 0.3) is 17.2 Å². The highest BCUT2D eigenvalue weighted by molar-refractivity contribution is 5.94. The summed E-state index contributed by atoms with van der Waals surface area (Å²) in [7, 11) is 1.55. The van der Waals surface area contributed by atoms with Crippen LogP contribution < -0.4 is 5.56 Å². The summed E-state index contributed by atoms with van der Waals surface area (Å²) in [4.78, 5) is 39.1. The van der Waals surface area contributed by atoms with Crippen LogP contribution in [0.3, 0.4) is 0 Å². The van der Waals surface area contributed by atoms with Crippen molar-refractivity contribution in [1.82, 2.24) is 9.88 Å². The Bertz CT molecular complexity index is 1030. The predicted octanol–water partition coefficient (Wildman–Crippen LogP) is 2.71. The second-order valence-electron chi connectivity index (χ2n) is 5.68. The molecule has 126 valence electrons. The molecule has 0 aliphatic rings. The Kier molecular flexibility index (Phi) is 4.30. The highest BCUT2D eigenvalue weighted by atomic mass is 16.6. The van der Waals surface area contributed by atoms with Gasteiger partial charge in [0.05, 0.1) is 11.5 Å². The molecular weight excluding hydrogens is 322 g/mol. The highest BCUT2D eigenvalue weighted by Crippen LogP contribution is 2.16. The molecule has 0 aliphatic carbocycles. The molecule has 0 saturated carbocycles. The molecule has 1 heterocycles. The van der Waals surface area contributed by atoms with Gasteiger partial charge in [-0.2, -0.15) is 0 Å². The maximum absolute atomic E-state index is 12.5. The lowest BCUT2D eigenvalue weighted by Gasteiger charge is -2.17. The molecule has 1 N–H and O–H groups in total. The molecule has 0 bridgehead atoms. The number of nitrogens with zero attached hydrogens (tertiary/aromatic N) is 2. The van der Waals surface area contributed by atoms with Crippen molar-refractivity contribution in [2.75, 3.05) is 7.05 Å². The first-order valence-electron chi connectivity index (χ1n) is 7.56. The van der Waals surface area contributed by atoms with Crippen molar-refractivity contribution in [3.05, 3.63) is 86.2 Å². The Morgan fingerprint density at radius 1 is 1.16 bits per heavy atom. The number of pyridine rings is 1. The van der Waals surface area contributed by atoms with Gasteiger partial charge in [-0.25, -0.2) is 0 Å². The molecule has 1 aromatic heterocycles. The van der Waals surface area contributed by atoms with Crippen LogP contribution in [0.2, 0.25) is 0 Å². The van der Waals surface area contributed by atoms with Crippen LogP contribution in [0.25, 0.3) is 10.9 Å². The zero-order chi connectivity index (χ0) is 18.0. The fourth-order valence-electron chi connectivity index (χ4n) is 2.61. The number of benzene rings is 2. The minimum Gasteiger partial charge on any atom is -0.337 e. The third-order valence-electron chi connectivity index (χ3n) is 3.89. The lowest BCUT2D eigenvalue weighted by Crippen LogP contribution is -2.29. The van der Waals surface area contributed by atoms with Gasteiger partial charge in [-0.3, -0.25) is 19.7 Å². The highest BCUT2D eigenvalue weighted by Gasteiger charge is 2.16. The lowest BCUT2D eigenvalue weighted by molar-refractivity contribution is -0.384. The fourth-order valence-corrected chi connectivity index (χ4v) is 2.61. The van der Waals surface area contributed by atoms with Gasteiger partial charge >= 0.3 is 0 Å². The van der Waals surface area contributed by atoms with Crippen LogP contribution in [0.15, 0.2) is 59.4 Å². The summed E-state index contributed by atoms with van der Waals surface area (Å²) in [6.07, 6.45) is 0. The van der Waals surface area contributed by atoms with E-state index in [4.69, 9.17) is 0 Å². The average molecular weight is 337 g/mol. The van der Waals surface area contributed by atoms with Crippen LogP contribution >= 0.6 is 0 Å². The summed E-state index contributed by atoms with van der Waals surface area (Å²) in [6, 6.07) is 14.6. The summed E-state index contributed by atoms with van der Waals surface area (Å²) in [5.74, 6) is -0.392. The maximum Gasteiger partial charge on any atom is 0.270 e. The van der Waals surface area contributed by atoms with Gasteiger partial charge in [0, 0.05) is 35.8 Å².